The van der Waals surface area contributed by atoms with Crippen LogP contribution in [0.4, 0.5) is 0 Å². The summed E-state index contributed by atoms with van der Waals surface area (Å²) in [4.78, 5) is 2.63. The molecule has 0 unspecified atom stereocenters. The monoisotopic (exact) mass is 167 g/mol. The maximum Gasteiger partial charge on any atom is 0.211 e. The van der Waals surface area contributed by atoms with Crippen molar-refractivity contribution in [2.75, 3.05) is 7.11 Å². The minimum atomic E-state index is 0.258. The van der Waals surface area contributed by atoms with E-state index in [1.807, 2.05) is 0 Å². The minimum absolute atomic E-state index is 0.258. The third kappa shape index (κ3) is 1.67. The molecule has 0 saturated heterocycles. The van der Waals surface area contributed by atoms with Gasteiger partial charge in [-0.05, 0) is 5.53 Å². The lowest BCUT2D eigenvalue weighted by Crippen LogP contribution is -1.94. The molecule has 0 saturated carbocycles. The normalized spacial score (nSPS) is 9.17. The second-order valence-electron chi connectivity index (χ2n) is 2.19. The van der Waals surface area contributed by atoms with Gasteiger partial charge >= 0.3 is 0 Å². The topological polar surface area (TPSA) is 75.8 Å². The van der Waals surface area contributed by atoms with E-state index < -0.39 is 0 Å². The maximum absolute atomic E-state index is 8.05. The van der Waals surface area contributed by atoms with Crippen molar-refractivity contribution >= 4 is 0 Å². The number of rotatable bonds is 3. The van der Waals surface area contributed by atoms with Crippen LogP contribution in [0.5, 0.6) is 5.88 Å². The van der Waals surface area contributed by atoms with E-state index in [1.165, 1.54) is 0 Å². The van der Waals surface area contributed by atoms with E-state index in [4.69, 9.17) is 10.3 Å². The van der Waals surface area contributed by atoms with Gasteiger partial charge in [-0.1, -0.05) is 5.11 Å². The van der Waals surface area contributed by atoms with Crippen LogP contribution in [-0.2, 0) is 13.6 Å². The number of aromatic nitrogens is 2. The molecule has 0 bridgehead atoms. The van der Waals surface area contributed by atoms with Crippen LogP contribution in [0.15, 0.2) is 11.2 Å². The molecule has 1 aromatic heterocycles. The second-order valence-corrected chi connectivity index (χ2v) is 2.19. The molecular weight excluding hydrogens is 158 g/mol. The molecule has 0 spiro atoms. The first kappa shape index (κ1) is 8.42. The van der Waals surface area contributed by atoms with E-state index in [2.05, 4.69) is 15.1 Å². The summed E-state index contributed by atoms with van der Waals surface area (Å²) in [5.74, 6) is 0.651. The summed E-state index contributed by atoms with van der Waals surface area (Å²) in [6, 6.07) is 1.73. The van der Waals surface area contributed by atoms with Gasteiger partial charge in [0.1, 0.15) is 0 Å². The van der Waals surface area contributed by atoms with Crippen molar-refractivity contribution in [3.8, 4) is 5.88 Å². The Labute approximate surface area is 69.4 Å². The van der Waals surface area contributed by atoms with Crippen LogP contribution < -0.4 is 4.74 Å². The van der Waals surface area contributed by atoms with E-state index in [-0.39, 0.29) is 6.54 Å². The summed E-state index contributed by atoms with van der Waals surface area (Å²) in [7, 11) is 3.33. The quantitative estimate of drug-likeness (QED) is 0.385. The molecule has 0 amide bonds. The van der Waals surface area contributed by atoms with Crippen LogP contribution in [-0.4, -0.2) is 16.9 Å². The van der Waals surface area contributed by atoms with Gasteiger partial charge in [0.15, 0.2) is 0 Å². The molecule has 0 aliphatic rings. The van der Waals surface area contributed by atoms with Gasteiger partial charge in [-0.25, -0.2) is 4.68 Å². The van der Waals surface area contributed by atoms with Gasteiger partial charge < -0.3 is 4.74 Å². The Hall–Kier alpha value is -1.68. The first-order chi connectivity index (χ1) is 5.77. The van der Waals surface area contributed by atoms with E-state index in [9.17, 15) is 0 Å². The van der Waals surface area contributed by atoms with Gasteiger partial charge in [0.2, 0.25) is 5.88 Å². The number of methoxy groups -OCH3 is 1. The maximum atomic E-state index is 8.05. The molecule has 6 nitrogen and oxygen atoms in total. The third-order valence-electron chi connectivity index (χ3n) is 1.39. The van der Waals surface area contributed by atoms with Crippen molar-refractivity contribution < 1.29 is 4.74 Å². The lowest BCUT2D eigenvalue weighted by molar-refractivity contribution is 0.373. The van der Waals surface area contributed by atoms with Crippen molar-refractivity contribution in [3.63, 3.8) is 0 Å². The van der Waals surface area contributed by atoms with Crippen LogP contribution in [0.25, 0.3) is 10.4 Å². The second kappa shape index (κ2) is 3.64. The number of aryl methyl sites for hydroxylation is 1. The van der Waals surface area contributed by atoms with Crippen molar-refractivity contribution in [3.05, 3.63) is 22.2 Å². The number of nitrogens with zero attached hydrogens (tertiary/aromatic N) is 5. The predicted octanol–water partition coefficient (Wildman–Crippen LogP) is 1.24. The van der Waals surface area contributed by atoms with Crippen LogP contribution in [0.3, 0.4) is 0 Å². The van der Waals surface area contributed by atoms with E-state index >= 15 is 0 Å². The molecule has 1 rings (SSSR count). The Balaban J connectivity index is 2.81. The molecule has 6 heteroatoms. The summed E-state index contributed by atoms with van der Waals surface area (Å²) < 4.78 is 6.56. The zero-order valence-electron chi connectivity index (χ0n) is 6.93. The molecular formula is C6H9N5O. The summed E-state index contributed by atoms with van der Waals surface area (Å²) >= 11 is 0. The fourth-order valence-corrected chi connectivity index (χ4v) is 0.879. The minimum Gasteiger partial charge on any atom is -0.481 e. The van der Waals surface area contributed by atoms with Crippen molar-refractivity contribution in [2.24, 2.45) is 12.2 Å². The van der Waals surface area contributed by atoms with Crippen LogP contribution >= 0.6 is 0 Å². The molecule has 1 aromatic rings. The average Bonchev–Trinajstić information content (AvgIpc) is 2.43. The SMILES string of the molecule is COc1cc(CN=[N+]=[N-])nn1C. The highest BCUT2D eigenvalue weighted by molar-refractivity contribution is 5.15. The largest absolute Gasteiger partial charge is 0.481 e. The van der Waals surface area contributed by atoms with E-state index in [1.54, 1.807) is 24.9 Å². The summed E-state index contributed by atoms with van der Waals surface area (Å²) in [6.45, 7) is 0.258. The van der Waals surface area contributed by atoms with Crippen molar-refractivity contribution in [1.82, 2.24) is 9.78 Å². The molecule has 0 aromatic carbocycles. The molecule has 0 aliphatic heterocycles. The van der Waals surface area contributed by atoms with Crippen LogP contribution in [0, 0.1) is 0 Å². The summed E-state index contributed by atoms with van der Waals surface area (Å²) in [6.07, 6.45) is 0. The van der Waals surface area contributed by atoms with Crippen molar-refractivity contribution in [2.45, 2.75) is 6.54 Å². The van der Waals surface area contributed by atoms with E-state index in [0.717, 1.165) is 0 Å². The highest BCUT2D eigenvalue weighted by Gasteiger charge is 2.02. The molecule has 12 heavy (non-hydrogen) atoms. The van der Waals surface area contributed by atoms with Crippen LogP contribution in [0.1, 0.15) is 5.69 Å². The molecule has 0 radical (unpaired) electrons. The molecule has 0 aliphatic carbocycles. The van der Waals surface area contributed by atoms with Gasteiger partial charge in [0.05, 0.1) is 19.3 Å². The Bertz CT molecular complexity index is 312. The molecule has 0 fully saturated rings. The van der Waals surface area contributed by atoms with Crippen LogP contribution in [0.2, 0.25) is 0 Å². The third-order valence-corrected chi connectivity index (χ3v) is 1.39. The first-order valence-electron chi connectivity index (χ1n) is 3.35. The van der Waals surface area contributed by atoms with Crippen molar-refractivity contribution in [1.29, 1.82) is 0 Å². The lowest BCUT2D eigenvalue weighted by Gasteiger charge is -1.95. The molecule has 0 N–H and O–H groups in total. The zero-order valence-corrected chi connectivity index (χ0v) is 6.93. The summed E-state index contributed by atoms with van der Waals surface area (Å²) in [5.41, 5.74) is 8.75. The number of hydrogen-bond donors (Lipinski definition) is 0. The Morgan fingerprint density at radius 2 is 2.58 bits per heavy atom. The fourth-order valence-electron chi connectivity index (χ4n) is 0.879. The highest BCUT2D eigenvalue weighted by atomic mass is 16.5. The molecule has 1 heterocycles. The van der Waals surface area contributed by atoms with Gasteiger partial charge in [-0.3, -0.25) is 0 Å². The average molecular weight is 167 g/mol. The van der Waals surface area contributed by atoms with Gasteiger partial charge in [-0.15, -0.1) is 0 Å². The Morgan fingerprint density at radius 3 is 3.08 bits per heavy atom. The zero-order chi connectivity index (χ0) is 8.97. The molecule has 64 valence electrons. The van der Waals surface area contributed by atoms with E-state index in [0.29, 0.717) is 11.6 Å². The van der Waals surface area contributed by atoms with Gasteiger partial charge in [0.25, 0.3) is 0 Å². The Morgan fingerprint density at radius 1 is 1.83 bits per heavy atom. The fraction of sp³-hybridized carbons (Fsp3) is 0.500. The molecule has 0 atom stereocenters. The number of hydrogen-bond acceptors (Lipinski definition) is 3. The Kier molecular flexibility index (Phi) is 2.55. The summed E-state index contributed by atoms with van der Waals surface area (Å²) in [5, 5.41) is 7.43. The smallest absolute Gasteiger partial charge is 0.211 e. The first-order valence-corrected chi connectivity index (χ1v) is 3.35. The number of ether oxygens (including phenoxy) is 1. The van der Waals surface area contributed by atoms with Gasteiger partial charge in [-0.2, -0.15) is 5.10 Å². The lowest BCUT2D eigenvalue weighted by atomic mass is 10.4. The number of azide groups is 1. The predicted molar refractivity (Wildman–Crippen MR) is 42.6 cm³/mol. The standard InChI is InChI=1S/C6H9N5O/c1-11-6(12-2)3-5(9-11)4-8-10-7/h3H,4H2,1-2H3. The highest BCUT2D eigenvalue weighted by Crippen LogP contribution is 2.11. The van der Waals surface area contributed by atoms with Gasteiger partial charge in [0, 0.05) is 18.0 Å².